The fraction of sp³-hybridized carbons (Fsp3) is 0.471. The molecule has 0 unspecified atom stereocenters. The summed E-state index contributed by atoms with van der Waals surface area (Å²) in [5.41, 5.74) is 0.778. The summed E-state index contributed by atoms with van der Waals surface area (Å²) in [7, 11) is 0. The maximum atomic E-state index is 12.4. The van der Waals surface area contributed by atoms with E-state index in [1.807, 2.05) is 29.6 Å². The monoisotopic (exact) mass is 318 g/mol. The van der Waals surface area contributed by atoms with Gasteiger partial charge >= 0.3 is 0 Å². The highest BCUT2D eigenvalue weighted by Gasteiger charge is 2.24. The third kappa shape index (κ3) is 3.32. The molecule has 1 amide bonds. The van der Waals surface area contributed by atoms with Gasteiger partial charge in [0.1, 0.15) is 0 Å². The summed E-state index contributed by atoms with van der Waals surface area (Å²) in [5, 5.41) is 15.0. The number of rotatable bonds is 6. The molecule has 22 heavy (non-hydrogen) atoms. The van der Waals surface area contributed by atoms with E-state index in [0.29, 0.717) is 12.6 Å². The summed E-state index contributed by atoms with van der Waals surface area (Å²) < 4.78 is 1.15. The summed E-state index contributed by atoms with van der Waals surface area (Å²) in [6.07, 6.45) is 3.10. The third-order valence-electron chi connectivity index (χ3n) is 4.33. The molecule has 1 atom stereocenters. The Balaban J connectivity index is 1.60. The van der Waals surface area contributed by atoms with Gasteiger partial charge in [-0.15, -0.1) is 11.3 Å². The summed E-state index contributed by atoms with van der Waals surface area (Å²) >= 11 is 1.61. The number of carbonyl (C=O) groups is 1. The highest BCUT2D eigenvalue weighted by molar-refractivity contribution is 7.17. The summed E-state index contributed by atoms with van der Waals surface area (Å²) in [4.78, 5) is 14.8. The number of carbonyl (C=O) groups excluding carboxylic acids is 1. The van der Waals surface area contributed by atoms with Gasteiger partial charge in [0.25, 0.3) is 5.91 Å². The molecule has 1 fully saturated rings. The van der Waals surface area contributed by atoms with Gasteiger partial charge in [-0.25, -0.2) is 0 Å². The quantitative estimate of drug-likeness (QED) is 0.860. The van der Waals surface area contributed by atoms with Crippen LogP contribution >= 0.6 is 11.3 Å². The molecule has 5 heteroatoms. The number of fused-ring (bicyclic) bond motifs is 1. The van der Waals surface area contributed by atoms with Gasteiger partial charge in [-0.05, 0) is 31.9 Å². The molecule has 118 valence electrons. The molecule has 0 radical (unpaired) electrons. The molecule has 1 aliphatic rings. The second-order valence-electron chi connectivity index (χ2n) is 5.76. The lowest BCUT2D eigenvalue weighted by Crippen LogP contribution is -2.40. The van der Waals surface area contributed by atoms with Crippen molar-refractivity contribution < 1.29 is 9.90 Å². The minimum Gasteiger partial charge on any atom is -0.396 e. The van der Waals surface area contributed by atoms with Crippen molar-refractivity contribution in [3.63, 3.8) is 0 Å². The molecule has 2 heterocycles. The van der Waals surface area contributed by atoms with Gasteiger partial charge in [0.05, 0.1) is 5.56 Å². The molecular weight excluding hydrogens is 296 g/mol. The van der Waals surface area contributed by atoms with Gasteiger partial charge in [0.15, 0.2) is 0 Å². The molecule has 0 saturated carbocycles. The Morgan fingerprint density at radius 3 is 3.14 bits per heavy atom. The fourth-order valence-corrected chi connectivity index (χ4v) is 4.09. The number of nitrogens with one attached hydrogen (secondary N) is 1. The first-order chi connectivity index (χ1) is 10.8. The first kappa shape index (κ1) is 15.5. The van der Waals surface area contributed by atoms with Crippen LogP contribution in [0.15, 0.2) is 29.6 Å². The number of aliphatic hydroxyl groups excluding tert-OH is 1. The maximum Gasteiger partial charge on any atom is 0.252 e. The van der Waals surface area contributed by atoms with Gasteiger partial charge in [0, 0.05) is 41.2 Å². The number of aliphatic hydroxyl groups is 1. The average Bonchev–Trinajstić information content (AvgIpc) is 3.17. The van der Waals surface area contributed by atoms with Crippen molar-refractivity contribution in [3.8, 4) is 0 Å². The molecule has 1 aromatic carbocycles. The Morgan fingerprint density at radius 1 is 1.41 bits per heavy atom. The molecule has 2 aromatic rings. The molecule has 3 rings (SSSR count). The van der Waals surface area contributed by atoms with Crippen molar-refractivity contribution in [2.24, 2.45) is 0 Å². The zero-order valence-corrected chi connectivity index (χ0v) is 13.4. The summed E-state index contributed by atoms with van der Waals surface area (Å²) in [5.74, 6) is 0.0199. The first-order valence-corrected chi connectivity index (χ1v) is 8.77. The van der Waals surface area contributed by atoms with Crippen LogP contribution in [0.3, 0.4) is 0 Å². The zero-order valence-electron chi connectivity index (χ0n) is 12.6. The van der Waals surface area contributed by atoms with Gasteiger partial charge in [-0.1, -0.05) is 18.2 Å². The van der Waals surface area contributed by atoms with Gasteiger partial charge in [-0.2, -0.15) is 0 Å². The number of thiophene rings is 1. The summed E-state index contributed by atoms with van der Waals surface area (Å²) in [6, 6.07) is 8.42. The Bertz CT molecular complexity index is 640. The maximum absolute atomic E-state index is 12.4. The van der Waals surface area contributed by atoms with Crippen LogP contribution in [0.25, 0.3) is 10.1 Å². The van der Waals surface area contributed by atoms with Crippen molar-refractivity contribution in [2.75, 3.05) is 26.2 Å². The van der Waals surface area contributed by atoms with Gasteiger partial charge in [-0.3, -0.25) is 9.69 Å². The number of nitrogens with zero attached hydrogens (tertiary/aromatic N) is 1. The molecule has 4 nitrogen and oxygen atoms in total. The normalized spacial score (nSPS) is 18.9. The number of likely N-dealkylation sites (tertiary alicyclic amines) is 1. The molecule has 1 aromatic heterocycles. The van der Waals surface area contributed by atoms with Crippen molar-refractivity contribution in [2.45, 2.75) is 25.3 Å². The Kier molecular flexibility index (Phi) is 5.08. The predicted molar refractivity (Wildman–Crippen MR) is 90.5 cm³/mol. The lowest BCUT2D eigenvalue weighted by Gasteiger charge is -2.24. The van der Waals surface area contributed by atoms with Crippen LogP contribution in [-0.2, 0) is 0 Å². The highest BCUT2D eigenvalue weighted by atomic mass is 32.1. The van der Waals surface area contributed by atoms with Crippen LogP contribution in [0.5, 0.6) is 0 Å². The van der Waals surface area contributed by atoms with Crippen LogP contribution in [0.4, 0.5) is 0 Å². The molecular formula is C17H22N2O2S. The fourth-order valence-electron chi connectivity index (χ4n) is 3.15. The van der Waals surface area contributed by atoms with E-state index in [2.05, 4.69) is 10.2 Å². The predicted octanol–water partition coefficient (Wildman–Crippen LogP) is 2.48. The van der Waals surface area contributed by atoms with E-state index in [1.54, 1.807) is 11.3 Å². The van der Waals surface area contributed by atoms with E-state index < -0.39 is 0 Å². The zero-order chi connectivity index (χ0) is 15.4. The second-order valence-corrected chi connectivity index (χ2v) is 6.68. The van der Waals surface area contributed by atoms with Crippen LogP contribution in [0.1, 0.15) is 29.6 Å². The molecule has 0 spiro atoms. The van der Waals surface area contributed by atoms with Crippen LogP contribution in [-0.4, -0.2) is 48.2 Å². The van der Waals surface area contributed by atoms with Crippen molar-refractivity contribution in [3.05, 3.63) is 35.2 Å². The van der Waals surface area contributed by atoms with Gasteiger partial charge < -0.3 is 10.4 Å². The van der Waals surface area contributed by atoms with E-state index >= 15 is 0 Å². The number of hydrogen-bond donors (Lipinski definition) is 2. The van der Waals surface area contributed by atoms with Crippen molar-refractivity contribution in [1.82, 2.24) is 10.2 Å². The van der Waals surface area contributed by atoms with E-state index in [-0.39, 0.29) is 12.5 Å². The Hall–Kier alpha value is -1.43. The lowest BCUT2D eigenvalue weighted by molar-refractivity contribution is 0.0941. The molecule has 1 aliphatic heterocycles. The number of hydrogen-bond acceptors (Lipinski definition) is 4. The standard InChI is InChI=1S/C17H22N2O2S/c20-10-4-9-19-8-3-5-13(19)11-18-17(21)15-12-22-16-7-2-1-6-14(15)16/h1-2,6-7,12-13,20H,3-5,8-11H2,(H,18,21)/t13-/m0/s1. The topological polar surface area (TPSA) is 52.6 Å². The molecule has 2 N–H and O–H groups in total. The third-order valence-corrected chi connectivity index (χ3v) is 5.29. The smallest absolute Gasteiger partial charge is 0.252 e. The first-order valence-electron chi connectivity index (χ1n) is 7.89. The van der Waals surface area contributed by atoms with E-state index in [4.69, 9.17) is 5.11 Å². The molecule has 1 saturated heterocycles. The Labute approximate surface area is 134 Å². The average molecular weight is 318 g/mol. The molecule has 0 bridgehead atoms. The SMILES string of the molecule is O=C(NC[C@@H]1CCCN1CCCO)c1csc2ccccc12. The summed E-state index contributed by atoms with van der Waals surface area (Å²) in [6.45, 7) is 2.91. The minimum absolute atomic E-state index is 0.0199. The van der Waals surface area contributed by atoms with Crippen LogP contribution < -0.4 is 5.32 Å². The van der Waals surface area contributed by atoms with Crippen molar-refractivity contribution in [1.29, 1.82) is 0 Å². The minimum atomic E-state index is 0.0199. The number of amides is 1. The van der Waals surface area contributed by atoms with E-state index in [0.717, 1.165) is 41.6 Å². The van der Waals surface area contributed by atoms with Crippen LogP contribution in [0.2, 0.25) is 0 Å². The molecule has 0 aliphatic carbocycles. The number of benzene rings is 1. The highest BCUT2D eigenvalue weighted by Crippen LogP contribution is 2.25. The lowest BCUT2D eigenvalue weighted by atomic mass is 10.1. The van der Waals surface area contributed by atoms with Crippen molar-refractivity contribution >= 4 is 27.3 Å². The van der Waals surface area contributed by atoms with Crippen LogP contribution in [0, 0.1) is 0 Å². The van der Waals surface area contributed by atoms with Gasteiger partial charge in [0.2, 0.25) is 0 Å². The Morgan fingerprint density at radius 2 is 2.27 bits per heavy atom. The largest absolute Gasteiger partial charge is 0.396 e. The van der Waals surface area contributed by atoms with E-state index in [9.17, 15) is 4.79 Å². The second kappa shape index (κ2) is 7.22. The van der Waals surface area contributed by atoms with E-state index in [1.165, 1.54) is 6.42 Å².